The first-order valence-corrected chi connectivity index (χ1v) is 13.0. The van der Waals surface area contributed by atoms with Crippen LogP contribution >= 0.6 is 7.82 Å². The average Bonchev–Trinajstić information content (AvgIpc) is 3.37. The molecule has 0 bridgehead atoms. The number of phosphoric ester groups is 1. The van der Waals surface area contributed by atoms with Gasteiger partial charge in [-0.1, -0.05) is 32.6 Å². The van der Waals surface area contributed by atoms with Crippen LogP contribution in [-0.2, 0) is 37.2 Å². The molecule has 9 atom stereocenters. The fourth-order valence-corrected chi connectivity index (χ4v) is 7.22. The number of unbranched alkanes of at least 4 members (excludes halogenated alkanes) is 4. The molecule has 11 heteroatoms. The molecular formula is C21H30NO9P. The maximum Gasteiger partial charge on any atom is 0.475 e. The third kappa shape index (κ3) is 3.85. The van der Waals surface area contributed by atoms with Crippen LogP contribution in [-0.4, -0.2) is 60.7 Å². The number of aliphatic hydroxyl groups excluding tert-OH is 1. The first-order chi connectivity index (χ1) is 15.4. The van der Waals surface area contributed by atoms with Gasteiger partial charge < -0.3 is 19.9 Å². The van der Waals surface area contributed by atoms with Gasteiger partial charge in [0, 0.05) is 5.92 Å². The Labute approximate surface area is 186 Å². The summed E-state index contributed by atoms with van der Waals surface area (Å²) < 4.78 is 40.6. The summed E-state index contributed by atoms with van der Waals surface area (Å²) in [5.74, 6) is -2.03. The molecule has 2 N–H and O–H groups in total. The molecule has 32 heavy (non-hydrogen) atoms. The van der Waals surface area contributed by atoms with Gasteiger partial charge in [0.05, 0.1) is 18.8 Å². The lowest BCUT2D eigenvalue weighted by Crippen LogP contribution is -2.67. The summed E-state index contributed by atoms with van der Waals surface area (Å²) in [5, 5.41) is 13.6. The highest BCUT2D eigenvalue weighted by Gasteiger charge is 2.63. The normalized spacial score (nSPS) is 44.6. The minimum absolute atomic E-state index is 0.0271. The Morgan fingerprint density at radius 3 is 2.78 bits per heavy atom. The molecule has 0 aromatic rings. The summed E-state index contributed by atoms with van der Waals surface area (Å²) in [6, 6.07) is -0.565. The molecule has 5 rings (SSSR count). The van der Waals surface area contributed by atoms with E-state index in [1.54, 1.807) is 6.08 Å². The summed E-state index contributed by atoms with van der Waals surface area (Å²) in [5.41, 5.74) is 0. The number of ketones is 1. The molecule has 0 aromatic carbocycles. The van der Waals surface area contributed by atoms with Crippen LogP contribution in [0.15, 0.2) is 11.8 Å². The van der Waals surface area contributed by atoms with Gasteiger partial charge in [-0.05, 0) is 24.8 Å². The number of allylic oxidation sites excluding steroid dienone is 1. The van der Waals surface area contributed by atoms with Crippen LogP contribution < -0.4 is 5.32 Å². The van der Waals surface area contributed by atoms with E-state index in [1.165, 1.54) is 0 Å². The third-order valence-electron chi connectivity index (χ3n) is 7.14. The lowest BCUT2D eigenvalue weighted by Gasteiger charge is -2.49. The first kappa shape index (κ1) is 22.5. The Hall–Kier alpha value is -1.29. The number of phosphoric acid groups is 1. The Kier molecular flexibility index (Phi) is 6.20. The minimum atomic E-state index is -3.86. The van der Waals surface area contributed by atoms with Gasteiger partial charge in [-0.2, -0.15) is 0 Å². The molecule has 5 aliphatic rings. The number of hydrogen-bond donors (Lipinski definition) is 2. The number of carbonyl (C=O) groups is 2. The molecule has 1 amide bonds. The molecule has 4 unspecified atom stereocenters. The number of ether oxygens (including phenoxy) is 2. The van der Waals surface area contributed by atoms with Gasteiger partial charge in [0.25, 0.3) is 0 Å². The first-order valence-electron chi connectivity index (χ1n) is 11.5. The van der Waals surface area contributed by atoms with E-state index in [2.05, 4.69) is 12.2 Å². The van der Waals surface area contributed by atoms with E-state index in [0.717, 1.165) is 32.1 Å². The molecule has 3 aliphatic heterocycles. The molecule has 0 aromatic heterocycles. The number of hydrogen-bond acceptors (Lipinski definition) is 9. The second-order valence-electron chi connectivity index (χ2n) is 9.17. The van der Waals surface area contributed by atoms with E-state index >= 15 is 0 Å². The van der Waals surface area contributed by atoms with Crippen molar-refractivity contribution < 1.29 is 42.3 Å². The molecule has 178 valence electrons. The Bertz CT molecular complexity index is 847. The highest BCUT2D eigenvalue weighted by atomic mass is 31.2. The van der Waals surface area contributed by atoms with Crippen LogP contribution in [0.2, 0.25) is 0 Å². The van der Waals surface area contributed by atoms with Gasteiger partial charge in [-0.25, -0.2) is 4.57 Å². The van der Waals surface area contributed by atoms with E-state index in [4.69, 9.17) is 23.0 Å². The molecule has 3 heterocycles. The number of amides is 1. The van der Waals surface area contributed by atoms with Crippen LogP contribution in [0.1, 0.15) is 45.4 Å². The van der Waals surface area contributed by atoms with Crippen LogP contribution in [0.4, 0.5) is 0 Å². The Morgan fingerprint density at radius 1 is 1.19 bits per heavy atom. The van der Waals surface area contributed by atoms with E-state index in [1.807, 2.05) is 0 Å². The molecule has 1 saturated carbocycles. The summed E-state index contributed by atoms with van der Waals surface area (Å²) in [6.45, 7) is 2.34. The number of nitrogens with one attached hydrogen (secondary N) is 1. The van der Waals surface area contributed by atoms with Gasteiger partial charge >= 0.3 is 7.82 Å². The van der Waals surface area contributed by atoms with Gasteiger partial charge in [0.1, 0.15) is 23.9 Å². The Morgan fingerprint density at radius 2 is 1.97 bits per heavy atom. The standard InChI is InChI=1S/C21H30NO9P/c1-2-3-4-5-6-7-29-32(26)30-18-13(23)8-12-11-9-14-19(28-10-27-14)17(24)15(11)21(25)22-16(12)20(18)31-32/h9,11-13,15-16,18-20,23H,2-8,10H2,1H3,(H,22,25)/t11?,12-,13+,15?,16-,18-,19?,20+,32?/m1/s1. The van der Waals surface area contributed by atoms with Crippen LogP contribution in [0.3, 0.4) is 0 Å². The number of Topliss-reactive ketones (excluding diaryl/α,β-unsaturated/α-hetero) is 1. The van der Waals surface area contributed by atoms with Gasteiger partial charge in [-0.15, -0.1) is 0 Å². The lowest BCUT2D eigenvalue weighted by atomic mass is 9.63. The highest BCUT2D eigenvalue weighted by Crippen LogP contribution is 2.61. The topological polar surface area (TPSA) is 130 Å². The van der Waals surface area contributed by atoms with Crippen molar-refractivity contribution in [2.45, 2.75) is 75.9 Å². The molecule has 0 radical (unpaired) electrons. The maximum atomic E-state index is 13.1. The van der Waals surface area contributed by atoms with Crippen LogP contribution in [0.5, 0.6) is 0 Å². The number of aliphatic hydroxyl groups is 1. The monoisotopic (exact) mass is 471 g/mol. The second-order valence-corrected chi connectivity index (χ2v) is 10.7. The summed E-state index contributed by atoms with van der Waals surface area (Å²) in [4.78, 5) is 25.8. The predicted octanol–water partition coefficient (Wildman–Crippen LogP) is 1.82. The van der Waals surface area contributed by atoms with Crippen molar-refractivity contribution in [3.63, 3.8) is 0 Å². The van der Waals surface area contributed by atoms with Crippen molar-refractivity contribution in [1.82, 2.24) is 5.32 Å². The summed E-state index contributed by atoms with van der Waals surface area (Å²) >= 11 is 0. The van der Waals surface area contributed by atoms with Crippen LogP contribution in [0.25, 0.3) is 0 Å². The predicted molar refractivity (Wildman–Crippen MR) is 109 cm³/mol. The van der Waals surface area contributed by atoms with Crippen LogP contribution in [0, 0.1) is 17.8 Å². The maximum absolute atomic E-state index is 13.1. The molecule has 2 aliphatic carbocycles. The summed E-state index contributed by atoms with van der Waals surface area (Å²) in [6.07, 6.45) is 3.57. The number of fused-ring (bicyclic) bond motifs is 6. The molecule has 4 fully saturated rings. The second kappa shape index (κ2) is 8.81. The SMILES string of the molecule is CCCCCCCOP1(=O)O[C@H]2[C@@H]3NC(=O)C4C(=O)C5OCOC5=CC4[C@H]3C[C@H](O)[C@H]2O1. The number of piperidine rings is 1. The fourth-order valence-electron chi connectivity index (χ4n) is 5.59. The zero-order valence-electron chi connectivity index (χ0n) is 18.0. The smallest absolute Gasteiger partial charge is 0.469 e. The molecule has 0 spiro atoms. The van der Waals surface area contributed by atoms with Crippen molar-refractivity contribution in [1.29, 1.82) is 0 Å². The molecule has 3 saturated heterocycles. The van der Waals surface area contributed by atoms with Crippen molar-refractivity contribution in [3.05, 3.63) is 11.8 Å². The van der Waals surface area contributed by atoms with E-state index in [-0.39, 0.29) is 31.5 Å². The largest absolute Gasteiger partial charge is 0.475 e. The minimum Gasteiger partial charge on any atom is -0.469 e. The van der Waals surface area contributed by atoms with Crippen molar-refractivity contribution in [2.24, 2.45) is 17.8 Å². The van der Waals surface area contributed by atoms with Crippen molar-refractivity contribution in [2.75, 3.05) is 13.4 Å². The fraction of sp³-hybridized carbons (Fsp3) is 0.810. The van der Waals surface area contributed by atoms with E-state index < -0.39 is 56.0 Å². The van der Waals surface area contributed by atoms with E-state index in [0.29, 0.717) is 5.76 Å². The van der Waals surface area contributed by atoms with E-state index in [9.17, 15) is 19.3 Å². The Balaban J connectivity index is 1.30. The lowest BCUT2D eigenvalue weighted by molar-refractivity contribution is -0.151. The zero-order chi connectivity index (χ0) is 22.5. The van der Waals surface area contributed by atoms with Gasteiger partial charge in [0.15, 0.2) is 18.7 Å². The number of carbonyl (C=O) groups excluding carboxylic acids is 2. The third-order valence-corrected chi connectivity index (χ3v) is 8.64. The average molecular weight is 471 g/mol. The van der Waals surface area contributed by atoms with Gasteiger partial charge in [0.2, 0.25) is 5.91 Å². The molecular weight excluding hydrogens is 441 g/mol. The summed E-state index contributed by atoms with van der Waals surface area (Å²) in [7, 11) is -3.86. The molecule has 10 nitrogen and oxygen atoms in total. The number of rotatable bonds is 7. The van der Waals surface area contributed by atoms with Crippen molar-refractivity contribution >= 4 is 19.5 Å². The highest BCUT2D eigenvalue weighted by molar-refractivity contribution is 7.48. The quantitative estimate of drug-likeness (QED) is 0.324. The zero-order valence-corrected chi connectivity index (χ0v) is 18.9. The van der Waals surface area contributed by atoms with Crippen molar-refractivity contribution in [3.8, 4) is 0 Å². The van der Waals surface area contributed by atoms with Gasteiger partial charge in [-0.3, -0.25) is 23.2 Å².